The summed E-state index contributed by atoms with van der Waals surface area (Å²) in [6.07, 6.45) is 2.36. The molecule has 4 heteroatoms. The minimum Gasteiger partial charge on any atom is -0.456 e. The maximum absolute atomic E-state index is 10.5. The summed E-state index contributed by atoms with van der Waals surface area (Å²) in [6, 6.07) is 10.3. The van der Waals surface area contributed by atoms with Crippen LogP contribution in [0, 0.1) is 0 Å². The van der Waals surface area contributed by atoms with Crippen LogP contribution in [0.4, 0.5) is 0 Å². The van der Waals surface area contributed by atoms with E-state index in [4.69, 9.17) is 10.5 Å². The predicted octanol–water partition coefficient (Wildman–Crippen LogP) is 2.62. The number of ether oxygens (including phenoxy) is 1. The first-order valence-electron chi connectivity index (χ1n) is 5.33. The van der Waals surface area contributed by atoms with Crippen molar-refractivity contribution >= 4 is 12.0 Å². The van der Waals surface area contributed by atoms with Crippen molar-refractivity contribution in [3.63, 3.8) is 0 Å². The average molecular weight is 240 g/mol. The highest BCUT2D eigenvalue weighted by Crippen LogP contribution is 2.21. The summed E-state index contributed by atoms with van der Waals surface area (Å²) >= 11 is 0. The van der Waals surface area contributed by atoms with Crippen molar-refractivity contribution in [3.05, 3.63) is 60.4 Å². The van der Waals surface area contributed by atoms with Gasteiger partial charge in [0.1, 0.15) is 17.8 Å². The lowest BCUT2D eigenvalue weighted by molar-refractivity contribution is 0.112. The Kier molecular flexibility index (Phi) is 3.38. The van der Waals surface area contributed by atoms with Gasteiger partial charge in [-0.15, -0.1) is 0 Å². The topological polar surface area (TPSA) is 65.2 Å². The molecule has 0 atom stereocenters. The molecule has 0 aliphatic carbocycles. The zero-order chi connectivity index (χ0) is 13.0. The second kappa shape index (κ2) is 5.14. The van der Waals surface area contributed by atoms with E-state index in [0.717, 1.165) is 6.29 Å². The highest BCUT2D eigenvalue weighted by Gasteiger charge is 2.00. The molecule has 18 heavy (non-hydrogen) atoms. The molecule has 1 aromatic heterocycles. The van der Waals surface area contributed by atoms with Crippen molar-refractivity contribution in [1.29, 1.82) is 0 Å². The minimum atomic E-state index is 0.414. The molecule has 4 nitrogen and oxygen atoms in total. The summed E-state index contributed by atoms with van der Waals surface area (Å²) in [4.78, 5) is 14.6. The average Bonchev–Trinajstić information content (AvgIpc) is 2.40. The fourth-order valence-electron chi connectivity index (χ4n) is 1.38. The largest absolute Gasteiger partial charge is 0.456 e. The third-order valence-corrected chi connectivity index (χ3v) is 2.32. The lowest BCUT2D eigenvalue weighted by atomic mass is 10.2. The second-order valence-electron chi connectivity index (χ2n) is 3.69. The van der Waals surface area contributed by atoms with Crippen molar-refractivity contribution in [2.45, 2.75) is 0 Å². The van der Waals surface area contributed by atoms with E-state index in [-0.39, 0.29) is 0 Å². The molecular weight excluding hydrogens is 228 g/mol. The van der Waals surface area contributed by atoms with E-state index in [2.05, 4.69) is 11.6 Å². The van der Waals surface area contributed by atoms with Gasteiger partial charge in [-0.3, -0.25) is 9.78 Å². The Morgan fingerprint density at radius 2 is 1.83 bits per heavy atom. The molecule has 0 unspecified atom stereocenters. The van der Waals surface area contributed by atoms with Crippen LogP contribution in [0.1, 0.15) is 16.1 Å². The van der Waals surface area contributed by atoms with Crippen LogP contribution in [0.2, 0.25) is 0 Å². The lowest BCUT2D eigenvalue weighted by Gasteiger charge is -2.06. The summed E-state index contributed by atoms with van der Waals surface area (Å²) < 4.78 is 5.56. The van der Waals surface area contributed by atoms with Gasteiger partial charge >= 0.3 is 0 Å². The van der Waals surface area contributed by atoms with E-state index in [9.17, 15) is 4.79 Å². The van der Waals surface area contributed by atoms with Gasteiger partial charge in [-0.25, -0.2) is 0 Å². The lowest BCUT2D eigenvalue weighted by Crippen LogP contribution is -1.96. The Morgan fingerprint density at radius 1 is 1.17 bits per heavy atom. The van der Waals surface area contributed by atoms with Crippen molar-refractivity contribution < 1.29 is 9.53 Å². The van der Waals surface area contributed by atoms with Gasteiger partial charge in [0.2, 0.25) is 0 Å². The molecule has 1 heterocycles. The SMILES string of the molecule is C=C(N)c1ccc(Oc2ccc(C=O)cc2)cn1. The number of aldehydes is 1. The normalized spacial score (nSPS) is 9.78. The molecule has 0 amide bonds. The molecule has 0 radical (unpaired) electrons. The summed E-state index contributed by atoms with van der Waals surface area (Å²) in [6.45, 7) is 3.60. The van der Waals surface area contributed by atoms with Gasteiger partial charge in [-0.2, -0.15) is 0 Å². The fourth-order valence-corrected chi connectivity index (χ4v) is 1.38. The summed E-state index contributed by atoms with van der Waals surface area (Å²) in [5.74, 6) is 1.24. The Bertz CT molecular complexity index is 559. The molecule has 0 saturated carbocycles. The number of pyridine rings is 1. The van der Waals surface area contributed by atoms with Crippen LogP contribution in [0.3, 0.4) is 0 Å². The zero-order valence-electron chi connectivity index (χ0n) is 9.67. The number of rotatable bonds is 4. The van der Waals surface area contributed by atoms with Gasteiger partial charge in [-0.1, -0.05) is 6.58 Å². The first-order valence-corrected chi connectivity index (χ1v) is 5.33. The molecule has 0 aliphatic heterocycles. The number of aromatic nitrogens is 1. The number of carbonyl (C=O) groups excluding carboxylic acids is 1. The molecule has 1 aromatic carbocycles. The van der Waals surface area contributed by atoms with Gasteiger partial charge in [0.25, 0.3) is 0 Å². The smallest absolute Gasteiger partial charge is 0.150 e. The van der Waals surface area contributed by atoms with Crippen LogP contribution in [0.15, 0.2) is 49.2 Å². The third kappa shape index (κ3) is 2.74. The van der Waals surface area contributed by atoms with Crippen molar-refractivity contribution in [1.82, 2.24) is 4.98 Å². The van der Waals surface area contributed by atoms with E-state index in [1.165, 1.54) is 0 Å². The first-order chi connectivity index (χ1) is 8.69. The Hall–Kier alpha value is -2.62. The van der Waals surface area contributed by atoms with Crippen LogP contribution < -0.4 is 10.5 Å². The summed E-state index contributed by atoms with van der Waals surface area (Å²) in [5.41, 5.74) is 7.16. The van der Waals surface area contributed by atoms with Crippen molar-refractivity contribution in [2.75, 3.05) is 0 Å². The zero-order valence-corrected chi connectivity index (χ0v) is 9.67. The molecule has 2 N–H and O–H groups in total. The van der Waals surface area contributed by atoms with E-state index in [0.29, 0.717) is 28.5 Å². The molecule has 2 rings (SSSR count). The maximum atomic E-state index is 10.5. The second-order valence-corrected chi connectivity index (χ2v) is 3.69. The molecule has 0 aliphatic rings. The van der Waals surface area contributed by atoms with E-state index in [1.54, 1.807) is 42.6 Å². The highest BCUT2D eigenvalue weighted by molar-refractivity contribution is 5.74. The van der Waals surface area contributed by atoms with Crippen LogP contribution >= 0.6 is 0 Å². The van der Waals surface area contributed by atoms with Crippen molar-refractivity contribution in [2.24, 2.45) is 5.73 Å². The van der Waals surface area contributed by atoms with Crippen LogP contribution in [-0.4, -0.2) is 11.3 Å². The number of benzene rings is 1. The Labute approximate surface area is 105 Å². The summed E-state index contributed by atoms with van der Waals surface area (Å²) in [5, 5.41) is 0. The van der Waals surface area contributed by atoms with Crippen LogP contribution in [0.25, 0.3) is 5.70 Å². The number of hydrogen-bond acceptors (Lipinski definition) is 4. The quantitative estimate of drug-likeness (QED) is 0.834. The van der Waals surface area contributed by atoms with Gasteiger partial charge in [0.05, 0.1) is 17.6 Å². The number of nitrogens with two attached hydrogens (primary N) is 1. The predicted molar refractivity (Wildman–Crippen MR) is 69.4 cm³/mol. The van der Waals surface area contributed by atoms with Crippen molar-refractivity contribution in [3.8, 4) is 11.5 Å². The monoisotopic (exact) mass is 240 g/mol. The van der Waals surface area contributed by atoms with E-state index in [1.807, 2.05) is 0 Å². The molecule has 0 bridgehead atoms. The van der Waals surface area contributed by atoms with E-state index >= 15 is 0 Å². The molecule has 90 valence electrons. The van der Waals surface area contributed by atoms with E-state index < -0.39 is 0 Å². The Balaban J connectivity index is 2.12. The van der Waals surface area contributed by atoms with Gasteiger partial charge < -0.3 is 10.5 Å². The highest BCUT2D eigenvalue weighted by atomic mass is 16.5. The van der Waals surface area contributed by atoms with Gasteiger partial charge in [0, 0.05) is 5.56 Å². The molecule has 2 aromatic rings. The maximum Gasteiger partial charge on any atom is 0.150 e. The number of nitrogens with zero attached hydrogens (tertiary/aromatic N) is 1. The summed E-state index contributed by atoms with van der Waals surface area (Å²) in [7, 11) is 0. The third-order valence-electron chi connectivity index (χ3n) is 2.32. The van der Waals surface area contributed by atoms with Crippen LogP contribution in [0.5, 0.6) is 11.5 Å². The van der Waals surface area contributed by atoms with Gasteiger partial charge in [-0.05, 0) is 36.4 Å². The van der Waals surface area contributed by atoms with Crippen LogP contribution in [-0.2, 0) is 0 Å². The number of carbonyl (C=O) groups is 1. The Morgan fingerprint density at radius 3 is 2.33 bits per heavy atom. The first kappa shape index (κ1) is 11.9. The standard InChI is InChI=1S/C14H12N2O2/c1-10(15)14-7-6-13(8-16-14)18-12-4-2-11(9-17)3-5-12/h2-9H,1,15H2. The number of hydrogen-bond donors (Lipinski definition) is 1. The molecule has 0 fully saturated rings. The van der Waals surface area contributed by atoms with Gasteiger partial charge in [0.15, 0.2) is 0 Å². The minimum absolute atomic E-state index is 0.414. The molecule has 0 saturated heterocycles. The molecular formula is C14H12N2O2. The molecule has 0 spiro atoms. The fraction of sp³-hybridized carbons (Fsp3) is 0.